The van der Waals surface area contributed by atoms with Crippen LogP contribution in [0.4, 0.5) is 10.5 Å². The van der Waals surface area contributed by atoms with Gasteiger partial charge in [-0.3, -0.25) is 14.6 Å². The molecule has 1 aromatic rings. The third-order valence-corrected chi connectivity index (χ3v) is 5.57. The first-order valence-electron chi connectivity index (χ1n) is 10.6. The first-order valence-corrected chi connectivity index (χ1v) is 10.6. The monoisotopic (exact) mass is 418 g/mol. The van der Waals surface area contributed by atoms with Gasteiger partial charge in [0.15, 0.2) is 6.23 Å². The summed E-state index contributed by atoms with van der Waals surface area (Å²) in [5.41, 5.74) is 0.616. The zero-order valence-electron chi connectivity index (χ0n) is 18.5. The molecule has 0 aromatic heterocycles. The van der Waals surface area contributed by atoms with Crippen LogP contribution in [0.2, 0.25) is 0 Å². The molecule has 2 aliphatic rings. The van der Waals surface area contributed by atoms with Gasteiger partial charge in [0, 0.05) is 51.5 Å². The van der Waals surface area contributed by atoms with Crippen molar-refractivity contribution in [2.24, 2.45) is 0 Å². The van der Waals surface area contributed by atoms with Gasteiger partial charge < -0.3 is 19.3 Å². The molecule has 1 unspecified atom stereocenters. The molecule has 2 aliphatic heterocycles. The van der Waals surface area contributed by atoms with Crippen molar-refractivity contribution < 1.29 is 19.1 Å². The minimum atomic E-state index is -0.576. The SMILES string of the molecule is CN1CCN(C(=O)OC(C)(C)C)[C@H](C(OC=O)N2CCN(c3ccccc3)CC2)C1. The van der Waals surface area contributed by atoms with Crippen LogP contribution >= 0.6 is 0 Å². The third kappa shape index (κ3) is 5.64. The number of piperazine rings is 2. The minimum Gasteiger partial charge on any atom is -0.446 e. The lowest BCUT2D eigenvalue weighted by atomic mass is 10.1. The summed E-state index contributed by atoms with van der Waals surface area (Å²) < 4.78 is 11.2. The molecule has 2 atom stereocenters. The Morgan fingerprint density at radius 1 is 1.07 bits per heavy atom. The van der Waals surface area contributed by atoms with Crippen LogP contribution in [-0.4, -0.2) is 98.0 Å². The number of likely N-dealkylation sites (N-methyl/N-ethyl adjacent to an activating group) is 1. The Bertz CT molecular complexity index is 701. The third-order valence-electron chi connectivity index (χ3n) is 5.57. The molecule has 0 N–H and O–H groups in total. The number of ether oxygens (including phenoxy) is 2. The summed E-state index contributed by atoms with van der Waals surface area (Å²) in [7, 11) is 2.02. The van der Waals surface area contributed by atoms with Gasteiger partial charge in [-0.05, 0) is 40.0 Å². The van der Waals surface area contributed by atoms with Gasteiger partial charge >= 0.3 is 6.09 Å². The van der Waals surface area contributed by atoms with Gasteiger partial charge in [-0.1, -0.05) is 18.2 Å². The second kappa shape index (κ2) is 9.66. The zero-order chi connectivity index (χ0) is 21.7. The fraction of sp³-hybridized carbons (Fsp3) is 0.636. The number of carbonyl (C=O) groups excluding carboxylic acids is 2. The molecular formula is C22H34N4O4. The van der Waals surface area contributed by atoms with Crippen LogP contribution < -0.4 is 4.90 Å². The molecule has 1 aromatic carbocycles. The zero-order valence-corrected chi connectivity index (χ0v) is 18.5. The second-order valence-corrected chi connectivity index (χ2v) is 8.98. The van der Waals surface area contributed by atoms with E-state index in [1.807, 2.05) is 46.0 Å². The van der Waals surface area contributed by atoms with Crippen molar-refractivity contribution in [3.05, 3.63) is 30.3 Å². The maximum Gasteiger partial charge on any atom is 0.410 e. The Morgan fingerprint density at radius 3 is 2.33 bits per heavy atom. The second-order valence-electron chi connectivity index (χ2n) is 8.98. The molecule has 3 rings (SSSR count). The lowest BCUT2D eigenvalue weighted by Gasteiger charge is -2.47. The van der Waals surface area contributed by atoms with Gasteiger partial charge in [-0.2, -0.15) is 0 Å². The molecule has 1 amide bonds. The molecule has 8 nitrogen and oxygen atoms in total. The van der Waals surface area contributed by atoms with Crippen molar-refractivity contribution in [2.75, 3.05) is 57.8 Å². The topological polar surface area (TPSA) is 65.6 Å². The summed E-state index contributed by atoms with van der Waals surface area (Å²) >= 11 is 0. The highest BCUT2D eigenvalue weighted by Crippen LogP contribution is 2.23. The van der Waals surface area contributed by atoms with Crippen molar-refractivity contribution in [3.8, 4) is 0 Å². The molecule has 166 valence electrons. The number of para-hydroxylation sites is 1. The molecule has 0 saturated carbocycles. The maximum atomic E-state index is 12.9. The van der Waals surface area contributed by atoms with Crippen LogP contribution in [-0.2, 0) is 14.3 Å². The van der Waals surface area contributed by atoms with E-state index in [0.717, 1.165) is 32.7 Å². The van der Waals surface area contributed by atoms with Crippen molar-refractivity contribution in [1.82, 2.24) is 14.7 Å². The first-order chi connectivity index (χ1) is 14.3. The van der Waals surface area contributed by atoms with Gasteiger partial charge in [-0.15, -0.1) is 0 Å². The summed E-state index contributed by atoms with van der Waals surface area (Å²) in [6.07, 6.45) is -0.862. The van der Waals surface area contributed by atoms with Crippen LogP contribution in [0, 0.1) is 0 Å². The normalized spacial score (nSPS) is 22.5. The predicted molar refractivity (Wildman–Crippen MR) is 115 cm³/mol. The number of amides is 1. The quantitative estimate of drug-likeness (QED) is 0.676. The van der Waals surface area contributed by atoms with Crippen molar-refractivity contribution in [2.45, 2.75) is 38.6 Å². The van der Waals surface area contributed by atoms with Gasteiger partial charge in [-0.25, -0.2) is 4.79 Å². The van der Waals surface area contributed by atoms with Crippen molar-refractivity contribution in [3.63, 3.8) is 0 Å². The molecule has 0 aliphatic carbocycles. The highest BCUT2D eigenvalue weighted by atomic mass is 16.6. The molecule has 0 bridgehead atoms. The van der Waals surface area contributed by atoms with Crippen LogP contribution in [0.1, 0.15) is 20.8 Å². The summed E-state index contributed by atoms with van der Waals surface area (Å²) in [6, 6.07) is 10.0. The number of anilines is 1. The van der Waals surface area contributed by atoms with E-state index < -0.39 is 11.8 Å². The number of hydrogen-bond donors (Lipinski definition) is 0. The largest absolute Gasteiger partial charge is 0.446 e. The van der Waals surface area contributed by atoms with Crippen LogP contribution in [0.15, 0.2) is 30.3 Å². The number of carbonyl (C=O) groups is 2. The maximum absolute atomic E-state index is 12.9. The number of nitrogens with zero attached hydrogens (tertiary/aromatic N) is 4. The fourth-order valence-corrected chi connectivity index (χ4v) is 4.10. The van der Waals surface area contributed by atoms with Gasteiger partial charge in [0.25, 0.3) is 6.47 Å². The summed E-state index contributed by atoms with van der Waals surface area (Å²) in [6.45, 7) is 11.1. The molecule has 0 spiro atoms. The molecular weight excluding hydrogens is 384 g/mol. The Hall–Kier alpha value is -2.32. The van der Waals surface area contributed by atoms with Crippen LogP contribution in [0.5, 0.6) is 0 Å². The Labute approximate surface area is 179 Å². The average Bonchev–Trinajstić information content (AvgIpc) is 2.71. The van der Waals surface area contributed by atoms with Gasteiger partial charge in [0.1, 0.15) is 5.60 Å². The number of hydrogen-bond acceptors (Lipinski definition) is 7. The molecule has 8 heteroatoms. The molecule has 0 radical (unpaired) electrons. The molecule has 2 heterocycles. The van der Waals surface area contributed by atoms with E-state index in [1.54, 1.807) is 4.90 Å². The average molecular weight is 419 g/mol. The van der Waals surface area contributed by atoms with Crippen molar-refractivity contribution in [1.29, 1.82) is 0 Å². The van der Waals surface area contributed by atoms with E-state index in [4.69, 9.17) is 9.47 Å². The first kappa shape index (κ1) is 22.4. The Morgan fingerprint density at radius 2 is 1.73 bits per heavy atom. The van der Waals surface area contributed by atoms with E-state index in [-0.39, 0.29) is 12.1 Å². The molecule has 2 fully saturated rings. The Balaban J connectivity index is 1.72. The highest BCUT2D eigenvalue weighted by Gasteiger charge is 2.41. The van der Waals surface area contributed by atoms with Crippen molar-refractivity contribution >= 4 is 18.3 Å². The van der Waals surface area contributed by atoms with Gasteiger partial charge in [0.2, 0.25) is 0 Å². The standard InChI is InChI=1S/C22H34N4O4/c1-22(2,3)30-21(28)26-15-10-23(4)16-19(26)20(29-17-27)25-13-11-24(12-14-25)18-8-6-5-7-9-18/h5-9,17,19-20H,10-16H2,1-4H3/t19-,20?/m0/s1. The van der Waals surface area contributed by atoms with Gasteiger partial charge in [0.05, 0.1) is 6.04 Å². The summed E-state index contributed by atoms with van der Waals surface area (Å²) in [5.74, 6) is 0. The Kier molecular flexibility index (Phi) is 7.20. The van der Waals surface area contributed by atoms with Crippen LogP contribution in [0.3, 0.4) is 0 Å². The van der Waals surface area contributed by atoms with Crippen LogP contribution in [0.25, 0.3) is 0 Å². The smallest absolute Gasteiger partial charge is 0.410 e. The fourth-order valence-electron chi connectivity index (χ4n) is 4.10. The molecule has 30 heavy (non-hydrogen) atoms. The van der Waals surface area contributed by atoms with E-state index in [2.05, 4.69) is 26.8 Å². The number of benzene rings is 1. The molecule has 2 saturated heterocycles. The highest BCUT2D eigenvalue weighted by molar-refractivity contribution is 5.69. The van der Waals surface area contributed by atoms with E-state index in [0.29, 0.717) is 19.6 Å². The lowest BCUT2D eigenvalue weighted by molar-refractivity contribution is -0.155. The minimum absolute atomic E-state index is 0.285. The summed E-state index contributed by atoms with van der Waals surface area (Å²) in [4.78, 5) is 32.6. The summed E-state index contributed by atoms with van der Waals surface area (Å²) in [5, 5.41) is 0. The van der Waals surface area contributed by atoms with E-state index in [9.17, 15) is 9.59 Å². The predicted octanol–water partition coefficient (Wildman–Crippen LogP) is 1.86. The van der Waals surface area contributed by atoms with E-state index in [1.165, 1.54) is 5.69 Å². The van der Waals surface area contributed by atoms with E-state index >= 15 is 0 Å². The number of rotatable bonds is 5. The lowest BCUT2D eigenvalue weighted by Crippen LogP contribution is -2.65.